The third kappa shape index (κ3) is 4.20. The Labute approximate surface area is 208 Å². The Morgan fingerprint density at radius 2 is 1.42 bits per heavy atom. The number of aryl methyl sites for hydroxylation is 5. The van der Waals surface area contributed by atoms with Gasteiger partial charge in [-0.05, 0) is 61.3 Å². The van der Waals surface area contributed by atoms with Crippen LogP contribution in [0.3, 0.4) is 0 Å². The van der Waals surface area contributed by atoms with Crippen LogP contribution in [0, 0.1) is 33.6 Å². The predicted molar refractivity (Wildman–Crippen MR) is 133 cm³/mol. The van der Waals surface area contributed by atoms with Gasteiger partial charge in [0.25, 0.3) is 0 Å². The summed E-state index contributed by atoms with van der Waals surface area (Å²) < 4.78 is 0. The van der Waals surface area contributed by atoms with E-state index in [0.29, 0.717) is 17.8 Å². The van der Waals surface area contributed by atoms with E-state index in [1.54, 1.807) is 22.3 Å². The molecule has 0 nitrogen and oxygen atoms in total. The van der Waals surface area contributed by atoms with Crippen LogP contribution in [-0.2, 0) is 32.3 Å². The minimum atomic E-state index is 0. The summed E-state index contributed by atoms with van der Waals surface area (Å²) in [6.45, 7) is 18.5. The molecule has 162 valence electrons. The van der Waals surface area contributed by atoms with Crippen LogP contribution >= 0.6 is 0 Å². The molecule has 0 N–H and O–H groups in total. The second-order valence-corrected chi connectivity index (χ2v) is 10.1. The molecule has 0 spiro atoms. The van der Waals surface area contributed by atoms with Crippen molar-refractivity contribution in [2.45, 2.75) is 80.1 Å². The standard InChI is InChI=1S/C30H37.Hf/c1-17(2)25-15-27-19(5)9-11-21(7)29(27)23(25)13-14-24-26(18(3)4)16-28-20(6)10-12-22(8)30(24)28;/h9-12,15-18,23H,13-14H2,1-8H3;/q-1;. The summed E-state index contributed by atoms with van der Waals surface area (Å²) in [6, 6.07) is 11.7. The van der Waals surface area contributed by atoms with Gasteiger partial charge in [-0.3, -0.25) is 0 Å². The van der Waals surface area contributed by atoms with Crippen molar-refractivity contribution in [2.24, 2.45) is 5.92 Å². The Kier molecular flexibility index (Phi) is 7.26. The molecule has 3 aromatic carbocycles. The van der Waals surface area contributed by atoms with Crippen LogP contribution in [0.25, 0.3) is 16.8 Å². The minimum Gasteiger partial charge on any atom is -0.164 e. The van der Waals surface area contributed by atoms with Crippen molar-refractivity contribution in [1.29, 1.82) is 0 Å². The van der Waals surface area contributed by atoms with Crippen LogP contribution in [0.15, 0.2) is 35.9 Å². The van der Waals surface area contributed by atoms with Crippen molar-refractivity contribution < 1.29 is 25.8 Å². The summed E-state index contributed by atoms with van der Waals surface area (Å²) in [5.41, 5.74) is 13.6. The maximum atomic E-state index is 2.51. The molecule has 1 aliphatic rings. The van der Waals surface area contributed by atoms with E-state index in [1.165, 1.54) is 45.0 Å². The maximum Gasteiger partial charge on any atom is 0.00584 e. The summed E-state index contributed by atoms with van der Waals surface area (Å²) in [7, 11) is 0. The molecule has 1 heteroatoms. The fourth-order valence-electron chi connectivity index (χ4n) is 5.70. The summed E-state index contributed by atoms with van der Waals surface area (Å²) >= 11 is 0. The van der Waals surface area contributed by atoms with E-state index in [9.17, 15) is 0 Å². The fraction of sp³-hybridized carbons (Fsp3) is 0.433. The van der Waals surface area contributed by atoms with Gasteiger partial charge in [-0.15, -0.1) is 33.5 Å². The van der Waals surface area contributed by atoms with E-state index < -0.39 is 0 Å². The van der Waals surface area contributed by atoms with Crippen LogP contribution in [0.5, 0.6) is 0 Å². The van der Waals surface area contributed by atoms with E-state index in [2.05, 4.69) is 91.8 Å². The molecule has 4 rings (SSSR count). The second kappa shape index (κ2) is 9.26. The normalized spacial score (nSPS) is 15.5. The average molecular weight is 576 g/mol. The van der Waals surface area contributed by atoms with Gasteiger partial charge in [0, 0.05) is 31.8 Å². The molecule has 1 aliphatic carbocycles. The molecule has 3 aromatic rings. The SMILES string of the molecule is Cc1ccc(C)c2c1C=C(C(C)C)C2CC[c-]1c(C(C)C)cc2c(C)ccc(C)c21.[Hf]. The summed E-state index contributed by atoms with van der Waals surface area (Å²) in [5, 5.41) is 2.99. The van der Waals surface area contributed by atoms with E-state index in [-0.39, 0.29) is 25.8 Å². The van der Waals surface area contributed by atoms with Crippen molar-refractivity contribution in [1.82, 2.24) is 0 Å². The summed E-state index contributed by atoms with van der Waals surface area (Å²) in [6.07, 6.45) is 4.87. The minimum absolute atomic E-state index is 0. The van der Waals surface area contributed by atoms with E-state index >= 15 is 0 Å². The van der Waals surface area contributed by atoms with Crippen molar-refractivity contribution in [3.05, 3.63) is 80.4 Å². The maximum absolute atomic E-state index is 2.51. The summed E-state index contributed by atoms with van der Waals surface area (Å²) in [5.74, 6) is 1.70. The monoisotopic (exact) mass is 577 g/mol. The zero-order valence-electron chi connectivity index (χ0n) is 20.6. The van der Waals surface area contributed by atoms with Gasteiger partial charge < -0.3 is 0 Å². The third-order valence-electron chi connectivity index (χ3n) is 7.38. The fourth-order valence-corrected chi connectivity index (χ4v) is 5.70. The quantitative estimate of drug-likeness (QED) is 0.211. The van der Waals surface area contributed by atoms with Crippen LogP contribution in [0.2, 0.25) is 0 Å². The third-order valence-corrected chi connectivity index (χ3v) is 7.38. The zero-order chi connectivity index (χ0) is 21.7. The number of hydrogen-bond donors (Lipinski definition) is 0. The smallest absolute Gasteiger partial charge is 0.00584 e. The zero-order valence-corrected chi connectivity index (χ0v) is 24.2. The molecule has 0 heterocycles. The molecular formula is C30H37Hf-. The number of hydrogen-bond acceptors (Lipinski definition) is 0. The summed E-state index contributed by atoms with van der Waals surface area (Å²) in [4.78, 5) is 0. The van der Waals surface area contributed by atoms with Gasteiger partial charge in [0.2, 0.25) is 0 Å². The van der Waals surface area contributed by atoms with Crippen molar-refractivity contribution in [3.8, 4) is 0 Å². The molecule has 0 fully saturated rings. The van der Waals surface area contributed by atoms with E-state index in [4.69, 9.17) is 0 Å². The molecule has 0 saturated heterocycles. The first-order valence-electron chi connectivity index (χ1n) is 11.7. The Morgan fingerprint density at radius 3 is 2.06 bits per heavy atom. The number of allylic oxidation sites excluding steroid dienone is 1. The van der Waals surface area contributed by atoms with Gasteiger partial charge in [-0.1, -0.05) is 76.5 Å². The van der Waals surface area contributed by atoms with Crippen LogP contribution < -0.4 is 0 Å². The van der Waals surface area contributed by atoms with E-state index in [0.717, 1.165) is 6.42 Å². The second-order valence-electron chi connectivity index (χ2n) is 10.1. The first-order chi connectivity index (χ1) is 14.2. The predicted octanol–water partition coefficient (Wildman–Crippen LogP) is 8.68. The average Bonchev–Trinajstić information content (AvgIpc) is 3.26. The van der Waals surface area contributed by atoms with Crippen molar-refractivity contribution in [2.75, 3.05) is 0 Å². The Morgan fingerprint density at radius 1 is 0.806 bits per heavy atom. The van der Waals surface area contributed by atoms with Crippen LogP contribution in [0.4, 0.5) is 0 Å². The number of benzene rings is 2. The molecule has 0 aromatic heterocycles. The van der Waals surface area contributed by atoms with Gasteiger partial charge in [-0.25, -0.2) is 0 Å². The molecule has 1 unspecified atom stereocenters. The molecule has 0 saturated carbocycles. The van der Waals surface area contributed by atoms with E-state index in [1.807, 2.05) is 0 Å². The largest absolute Gasteiger partial charge is 0.164 e. The molecule has 31 heavy (non-hydrogen) atoms. The molecular weight excluding hydrogens is 539 g/mol. The molecule has 0 radical (unpaired) electrons. The van der Waals surface area contributed by atoms with Gasteiger partial charge in [0.15, 0.2) is 0 Å². The molecule has 0 bridgehead atoms. The van der Waals surface area contributed by atoms with Crippen molar-refractivity contribution >= 4 is 16.8 Å². The van der Waals surface area contributed by atoms with Gasteiger partial charge >= 0.3 is 0 Å². The van der Waals surface area contributed by atoms with Gasteiger partial charge in [0.1, 0.15) is 0 Å². The van der Waals surface area contributed by atoms with Crippen LogP contribution in [0.1, 0.15) is 90.5 Å². The molecule has 0 aliphatic heterocycles. The molecule has 1 atom stereocenters. The van der Waals surface area contributed by atoms with Gasteiger partial charge in [0.05, 0.1) is 0 Å². The Hall–Kier alpha value is -1.34. The Balaban J connectivity index is 0.00000272. The van der Waals surface area contributed by atoms with Gasteiger partial charge in [-0.2, -0.15) is 6.07 Å². The molecule has 0 amide bonds. The first-order valence-corrected chi connectivity index (χ1v) is 11.7. The first kappa shape index (κ1) is 24.3. The number of fused-ring (bicyclic) bond motifs is 2. The Bertz CT molecular complexity index is 1140. The topological polar surface area (TPSA) is 0 Å². The number of rotatable bonds is 5. The van der Waals surface area contributed by atoms with Crippen LogP contribution in [-0.4, -0.2) is 0 Å². The van der Waals surface area contributed by atoms with Crippen molar-refractivity contribution in [3.63, 3.8) is 0 Å².